The van der Waals surface area contributed by atoms with Gasteiger partial charge in [0.05, 0.1) is 19.6 Å². The van der Waals surface area contributed by atoms with Gasteiger partial charge in [-0.1, -0.05) is 30.3 Å². The predicted molar refractivity (Wildman–Crippen MR) is 63.7 cm³/mol. The summed E-state index contributed by atoms with van der Waals surface area (Å²) in [5, 5.41) is 12.2. The lowest BCUT2D eigenvalue weighted by molar-refractivity contribution is -0.137. The normalized spacial score (nSPS) is 17.4. The first-order valence-corrected chi connectivity index (χ1v) is 5.83. The molecule has 1 aliphatic rings. The van der Waals surface area contributed by atoms with Gasteiger partial charge in [-0.2, -0.15) is 0 Å². The van der Waals surface area contributed by atoms with E-state index in [1.54, 1.807) is 0 Å². The van der Waals surface area contributed by atoms with Crippen molar-refractivity contribution in [3.05, 3.63) is 35.9 Å². The van der Waals surface area contributed by atoms with Crippen molar-refractivity contribution in [3.63, 3.8) is 0 Å². The zero-order chi connectivity index (χ0) is 12.1. The number of hydrogen-bond acceptors (Lipinski definition) is 3. The number of carboxylic acids is 1. The minimum absolute atomic E-state index is 0.109. The maximum absolute atomic E-state index is 10.8. The molecule has 0 amide bonds. The number of benzene rings is 1. The zero-order valence-corrected chi connectivity index (χ0v) is 9.63. The zero-order valence-electron chi connectivity index (χ0n) is 9.63. The van der Waals surface area contributed by atoms with E-state index in [0.29, 0.717) is 5.92 Å². The smallest absolute Gasteiger partial charge is 0.305 e. The predicted octanol–water partition coefficient (Wildman–Crippen LogP) is 1.44. The van der Waals surface area contributed by atoms with E-state index in [-0.39, 0.29) is 12.5 Å². The Kier molecular flexibility index (Phi) is 4.12. The molecule has 17 heavy (non-hydrogen) atoms. The second-order valence-electron chi connectivity index (χ2n) is 4.37. The Hall–Kier alpha value is -1.39. The standard InChI is InChI=1S/C13H17NO3/c15-13(16)6-12(11-4-2-1-3-5-11)14-7-10-8-17-9-10/h1-5,10,12,14H,6-9H2,(H,15,16). The number of aliphatic carboxylic acids is 1. The molecule has 2 N–H and O–H groups in total. The summed E-state index contributed by atoms with van der Waals surface area (Å²) in [5.74, 6) is -0.258. The maximum Gasteiger partial charge on any atom is 0.305 e. The largest absolute Gasteiger partial charge is 0.481 e. The van der Waals surface area contributed by atoms with Gasteiger partial charge in [0.15, 0.2) is 0 Å². The Morgan fingerprint density at radius 1 is 1.41 bits per heavy atom. The quantitative estimate of drug-likeness (QED) is 0.783. The van der Waals surface area contributed by atoms with Crippen molar-refractivity contribution in [1.29, 1.82) is 0 Å². The summed E-state index contributed by atoms with van der Waals surface area (Å²) in [4.78, 5) is 10.8. The third-order valence-electron chi connectivity index (χ3n) is 2.94. The van der Waals surface area contributed by atoms with Crippen molar-refractivity contribution in [1.82, 2.24) is 5.32 Å². The fraction of sp³-hybridized carbons (Fsp3) is 0.462. The molecule has 1 aromatic carbocycles. The van der Waals surface area contributed by atoms with Crippen molar-refractivity contribution in [2.45, 2.75) is 12.5 Å². The van der Waals surface area contributed by atoms with Gasteiger partial charge in [0.1, 0.15) is 0 Å². The number of carbonyl (C=O) groups is 1. The molecule has 92 valence electrons. The van der Waals surface area contributed by atoms with E-state index in [4.69, 9.17) is 9.84 Å². The number of carboxylic acid groups (broad SMARTS) is 1. The molecule has 0 spiro atoms. The highest BCUT2D eigenvalue weighted by Crippen LogP contribution is 2.18. The summed E-state index contributed by atoms with van der Waals surface area (Å²) in [6.45, 7) is 2.37. The van der Waals surface area contributed by atoms with Crippen LogP contribution in [0.2, 0.25) is 0 Å². The van der Waals surface area contributed by atoms with Gasteiger partial charge < -0.3 is 15.2 Å². The molecule has 1 atom stereocenters. The summed E-state index contributed by atoms with van der Waals surface area (Å²) in [7, 11) is 0. The molecular formula is C13H17NO3. The van der Waals surface area contributed by atoms with Crippen LogP contribution in [0, 0.1) is 5.92 Å². The van der Waals surface area contributed by atoms with Crippen LogP contribution in [-0.2, 0) is 9.53 Å². The number of nitrogens with one attached hydrogen (secondary N) is 1. The number of ether oxygens (including phenoxy) is 1. The lowest BCUT2D eigenvalue weighted by atomic mass is 10.0. The second kappa shape index (κ2) is 5.80. The van der Waals surface area contributed by atoms with E-state index in [0.717, 1.165) is 25.3 Å². The van der Waals surface area contributed by atoms with E-state index in [9.17, 15) is 4.79 Å². The molecule has 1 heterocycles. The Morgan fingerprint density at radius 3 is 2.65 bits per heavy atom. The Labute approximate surface area is 101 Å². The van der Waals surface area contributed by atoms with Crippen LogP contribution in [0.25, 0.3) is 0 Å². The van der Waals surface area contributed by atoms with Crippen LogP contribution >= 0.6 is 0 Å². The van der Waals surface area contributed by atoms with Gasteiger partial charge in [0.2, 0.25) is 0 Å². The Morgan fingerprint density at radius 2 is 2.12 bits per heavy atom. The lowest BCUT2D eigenvalue weighted by Gasteiger charge is -2.28. The highest BCUT2D eigenvalue weighted by atomic mass is 16.5. The number of rotatable bonds is 6. The molecule has 2 rings (SSSR count). The Balaban J connectivity index is 1.94. The molecule has 0 bridgehead atoms. The van der Waals surface area contributed by atoms with Crippen LogP contribution in [-0.4, -0.2) is 30.8 Å². The molecule has 0 aliphatic carbocycles. The van der Waals surface area contributed by atoms with Crippen molar-refractivity contribution >= 4 is 5.97 Å². The summed E-state index contributed by atoms with van der Waals surface area (Å²) >= 11 is 0. The molecule has 1 aromatic rings. The van der Waals surface area contributed by atoms with E-state index in [2.05, 4.69) is 5.32 Å². The fourth-order valence-corrected chi connectivity index (χ4v) is 1.88. The molecular weight excluding hydrogens is 218 g/mol. The molecule has 0 aromatic heterocycles. The van der Waals surface area contributed by atoms with Gasteiger partial charge in [-0.05, 0) is 5.56 Å². The van der Waals surface area contributed by atoms with Crippen molar-refractivity contribution < 1.29 is 14.6 Å². The van der Waals surface area contributed by atoms with Crippen LogP contribution in [0.4, 0.5) is 0 Å². The van der Waals surface area contributed by atoms with Crippen molar-refractivity contribution in [2.75, 3.05) is 19.8 Å². The molecule has 0 radical (unpaired) electrons. The van der Waals surface area contributed by atoms with E-state index >= 15 is 0 Å². The highest BCUT2D eigenvalue weighted by Gasteiger charge is 2.21. The number of hydrogen-bond donors (Lipinski definition) is 2. The van der Waals surface area contributed by atoms with Gasteiger partial charge in [-0.3, -0.25) is 4.79 Å². The van der Waals surface area contributed by atoms with Gasteiger partial charge in [-0.25, -0.2) is 0 Å². The fourth-order valence-electron chi connectivity index (χ4n) is 1.88. The van der Waals surface area contributed by atoms with Crippen LogP contribution < -0.4 is 5.32 Å². The molecule has 4 heteroatoms. The third-order valence-corrected chi connectivity index (χ3v) is 2.94. The van der Waals surface area contributed by atoms with Crippen LogP contribution in [0.5, 0.6) is 0 Å². The third kappa shape index (κ3) is 3.54. The first-order valence-electron chi connectivity index (χ1n) is 5.83. The van der Waals surface area contributed by atoms with Crippen molar-refractivity contribution in [2.24, 2.45) is 5.92 Å². The second-order valence-corrected chi connectivity index (χ2v) is 4.37. The topological polar surface area (TPSA) is 58.6 Å². The minimum Gasteiger partial charge on any atom is -0.481 e. The minimum atomic E-state index is -0.781. The van der Waals surface area contributed by atoms with E-state index < -0.39 is 5.97 Å². The van der Waals surface area contributed by atoms with Gasteiger partial charge in [-0.15, -0.1) is 0 Å². The summed E-state index contributed by atoms with van der Waals surface area (Å²) in [5.41, 5.74) is 1.02. The average molecular weight is 235 g/mol. The molecule has 1 aliphatic heterocycles. The summed E-state index contributed by atoms with van der Waals surface area (Å²) in [6, 6.07) is 9.59. The van der Waals surface area contributed by atoms with Gasteiger partial charge >= 0.3 is 5.97 Å². The summed E-state index contributed by atoms with van der Waals surface area (Å²) < 4.78 is 5.10. The first kappa shape index (κ1) is 12.1. The highest BCUT2D eigenvalue weighted by molar-refractivity contribution is 5.67. The van der Waals surface area contributed by atoms with Crippen molar-refractivity contribution in [3.8, 4) is 0 Å². The SMILES string of the molecule is O=C(O)CC(NCC1COC1)c1ccccc1. The molecule has 1 saturated heterocycles. The van der Waals surface area contributed by atoms with Gasteiger partial charge in [0, 0.05) is 18.5 Å². The van der Waals surface area contributed by atoms with Crippen LogP contribution in [0.3, 0.4) is 0 Å². The Bertz CT molecular complexity index is 362. The van der Waals surface area contributed by atoms with Crippen LogP contribution in [0.1, 0.15) is 18.0 Å². The molecule has 0 saturated carbocycles. The summed E-state index contributed by atoms with van der Waals surface area (Å²) in [6.07, 6.45) is 0.109. The van der Waals surface area contributed by atoms with E-state index in [1.165, 1.54) is 0 Å². The monoisotopic (exact) mass is 235 g/mol. The molecule has 1 unspecified atom stereocenters. The van der Waals surface area contributed by atoms with E-state index in [1.807, 2.05) is 30.3 Å². The first-order chi connectivity index (χ1) is 8.25. The maximum atomic E-state index is 10.8. The van der Waals surface area contributed by atoms with Crippen LogP contribution in [0.15, 0.2) is 30.3 Å². The molecule has 4 nitrogen and oxygen atoms in total. The van der Waals surface area contributed by atoms with Gasteiger partial charge in [0.25, 0.3) is 0 Å². The lowest BCUT2D eigenvalue weighted by Crippen LogP contribution is -2.38. The average Bonchev–Trinajstić information content (AvgIpc) is 2.26. The molecule has 1 fully saturated rings.